The predicted octanol–water partition coefficient (Wildman–Crippen LogP) is 3.27. The summed E-state index contributed by atoms with van der Waals surface area (Å²) in [5.74, 6) is 0.609. The molecule has 126 valence electrons. The Kier molecular flexibility index (Phi) is 4.24. The summed E-state index contributed by atoms with van der Waals surface area (Å²) in [5.41, 5.74) is 2.86. The summed E-state index contributed by atoms with van der Waals surface area (Å²) < 4.78 is 0. The van der Waals surface area contributed by atoms with Gasteiger partial charge in [0.05, 0.1) is 16.6 Å². The van der Waals surface area contributed by atoms with Crippen molar-refractivity contribution >= 4 is 28.4 Å². The van der Waals surface area contributed by atoms with E-state index in [9.17, 15) is 4.79 Å². The molecule has 1 amide bonds. The van der Waals surface area contributed by atoms with Crippen LogP contribution >= 0.6 is 0 Å². The number of nitrogens with one attached hydrogen (secondary N) is 1. The Bertz CT molecular complexity index is 905. The maximum atomic E-state index is 12.8. The van der Waals surface area contributed by atoms with Crippen molar-refractivity contribution in [2.75, 3.05) is 23.3 Å². The number of benzene rings is 1. The van der Waals surface area contributed by atoms with Crippen LogP contribution in [0, 0.1) is 0 Å². The highest BCUT2D eigenvalue weighted by atomic mass is 16.1. The van der Waals surface area contributed by atoms with Gasteiger partial charge in [0.25, 0.3) is 5.91 Å². The first kappa shape index (κ1) is 15.5. The van der Waals surface area contributed by atoms with E-state index >= 15 is 0 Å². The second-order valence-electron chi connectivity index (χ2n) is 6.14. The van der Waals surface area contributed by atoms with Gasteiger partial charge in [0.1, 0.15) is 5.82 Å². The van der Waals surface area contributed by atoms with E-state index in [-0.39, 0.29) is 5.91 Å². The first-order chi connectivity index (χ1) is 12.3. The first-order valence-electron chi connectivity index (χ1n) is 8.53. The highest BCUT2D eigenvalue weighted by Gasteiger charge is 2.19. The lowest BCUT2D eigenvalue weighted by Gasteiger charge is -2.29. The average Bonchev–Trinajstić information content (AvgIpc) is 2.68. The molecule has 1 aliphatic rings. The number of piperidine rings is 1. The van der Waals surface area contributed by atoms with Crippen LogP contribution in [0.1, 0.15) is 29.6 Å². The fourth-order valence-electron chi connectivity index (χ4n) is 3.17. The van der Waals surface area contributed by atoms with Gasteiger partial charge in [-0.1, -0.05) is 0 Å². The van der Waals surface area contributed by atoms with Crippen LogP contribution in [0.4, 0.5) is 11.5 Å². The number of carbonyl (C=O) groups is 1. The van der Waals surface area contributed by atoms with E-state index in [4.69, 9.17) is 0 Å². The molecule has 1 saturated heterocycles. The second kappa shape index (κ2) is 6.84. The minimum Gasteiger partial charge on any atom is -0.356 e. The molecule has 25 heavy (non-hydrogen) atoms. The minimum absolute atomic E-state index is 0.156. The number of amides is 1. The Morgan fingerprint density at radius 3 is 2.56 bits per heavy atom. The van der Waals surface area contributed by atoms with Crippen LogP contribution in [0.3, 0.4) is 0 Å². The fraction of sp³-hybridized carbons (Fsp3) is 0.263. The van der Waals surface area contributed by atoms with Crippen LogP contribution in [0.5, 0.6) is 0 Å². The quantitative estimate of drug-likeness (QED) is 0.796. The van der Waals surface area contributed by atoms with Crippen molar-refractivity contribution in [1.29, 1.82) is 0 Å². The molecule has 0 bridgehead atoms. The van der Waals surface area contributed by atoms with E-state index in [1.54, 1.807) is 24.7 Å². The Labute approximate surface area is 145 Å². The molecule has 0 spiro atoms. The molecule has 0 saturated carbocycles. The van der Waals surface area contributed by atoms with Crippen LogP contribution in [-0.4, -0.2) is 33.9 Å². The lowest BCUT2D eigenvalue weighted by atomic mass is 10.1. The van der Waals surface area contributed by atoms with E-state index in [2.05, 4.69) is 25.2 Å². The summed E-state index contributed by atoms with van der Waals surface area (Å²) in [6, 6.07) is 9.15. The summed E-state index contributed by atoms with van der Waals surface area (Å²) in [5, 5.41) is 2.96. The highest BCUT2D eigenvalue weighted by molar-refractivity contribution is 6.08. The van der Waals surface area contributed by atoms with Gasteiger partial charge in [-0.15, -0.1) is 0 Å². The van der Waals surface area contributed by atoms with Gasteiger partial charge < -0.3 is 10.2 Å². The van der Waals surface area contributed by atoms with Gasteiger partial charge in [0.2, 0.25) is 0 Å². The molecule has 0 atom stereocenters. The van der Waals surface area contributed by atoms with Crippen molar-refractivity contribution in [3.05, 3.63) is 54.5 Å². The van der Waals surface area contributed by atoms with E-state index in [0.717, 1.165) is 42.8 Å². The number of hydrogen-bond acceptors (Lipinski definition) is 5. The first-order valence-corrected chi connectivity index (χ1v) is 8.53. The van der Waals surface area contributed by atoms with Gasteiger partial charge >= 0.3 is 0 Å². The van der Waals surface area contributed by atoms with Gasteiger partial charge in [-0.2, -0.15) is 0 Å². The second-order valence-corrected chi connectivity index (χ2v) is 6.14. The molecule has 1 fully saturated rings. The number of nitrogens with zero attached hydrogens (tertiary/aromatic N) is 4. The lowest BCUT2D eigenvalue weighted by Crippen LogP contribution is -2.32. The maximum absolute atomic E-state index is 12.8. The molecule has 6 heteroatoms. The zero-order chi connectivity index (χ0) is 17.1. The summed E-state index contributed by atoms with van der Waals surface area (Å²) in [4.78, 5) is 28.0. The largest absolute Gasteiger partial charge is 0.356 e. The molecule has 3 heterocycles. The molecule has 6 nitrogen and oxygen atoms in total. The van der Waals surface area contributed by atoms with Crippen molar-refractivity contribution in [3.8, 4) is 0 Å². The topological polar surface area (TPSA) is 71.0 Å². The monoisotopic (exact) mass is 333 g/mol. The maximum Gasteiger partial charge on any atom is 0.259 e. The molecule has 1 aliphatic heterocycles. The lowest BCUT2D eigenvalue weighted by molar-refractivity contribution is 0.102. The molecule has 4 rings (SSSR count). The molecule has 3 aromatic rings. The highest BCUT2D eigenvalue weighted by Crippen LogP contribution is 2.23. The third kappa shape index (κ3) is 3.28. The summed E-state index contributed by atoms with van der Waals surface area (Å²) in [6.45, 7) is 1.89. The number of carbonyl (C=O) groups excluding carboxylic acids is 1. The van der Waals surface area contributed by atoms with Crippen LogP contribution in [0.2, 0.25) is 0 Å². The van der Waals surface area contributed by atoms with Gasteiger partial charge in [-0.25, -0.2) is 4.98 Å². The third-order valence-electron chi connectivity index (χ3n) is 4.41. The SMILES string of the molecule is O=C(Nc1ccc2nccnc2c1)c1cccnc1N1CCCCC1. The smallest absolute Gasteiger partial charge is 0.259 e. The molecule has 0 aliphatic carbocycles. The molecular weight excluding hydrogens is 314 g/mol. The van der Waals surface area contributed by atoms with Crippen molar-refractivity contribution < 1.29 is 4.79 Å². The Morgan fingerprint density at radius 2 is 1.72 bits per heavy atom. The summed E-state index contributed by atoms with van der Waals surface area (Å²) >= 11 is 0. The van der Waals surface area contributed by atoms with Crippen molar-refractivity contribution in [2.45, 2.75) is 19.3 Å². The van der Waals surface area contributed by atoms with Gasteiger partial charge in [0.15, 0.2) is 0 Å². The van der Waals surface area contributed by atoms with E-state index in [0.29, 0.717) is 11.3 Å². The van der Waals surface area contributed by atoms with Gasteiger partial charge in [-0.05, 0) is 49.6 Å². The fourth-order valence-corrected chi connectivity index (χ4v) is 3.17. The normalized spacial score (nSPS) is 14.5. The van der Waals surface area contributed by atoms with Gasteiger partial charge in [0, 0.05) is 37.4 Å². The van der Waals surface area contributed by atoms with Crippen LogP contribution in [0.25, 0.3) is 11.0 Å². The molecule has 1 aromatic carbocycles. The molecule has 1 N–H and O–H groups in total. The standard InChI is InChI=1S/C19H19N5O/c25-19(23-14-6-7-16-17(13-14)21-10-9-20-16)15-5-4-8-22-18(15)24-11-2-1-3-12-24/h4-10,13H,1-3,11-12H2,(H,23,25). The Balaban J connectivity index is 1.60. The van der Waals surface area contributed by atoms with Crippen LogP contribution in [-0.2, 0) is 0 Å². The molecule has 0 radical (unpaired) electrons. The number of pyridine rings is 1. The predicted molar refractivity (Wildman–Crippen MR) is 97.8 cm³/mol. The number of fused-ring (bicyclic) bond motifs is 1. The minimum atomic E-state index is -0.156. The summed E-state index contributed by atoms with van der Waals surface area (Å²) in [6.07, 6.45) is 8.56. The number of anilines is 2. The van der Waals surface area contributed by atoms with Gasteiger partial charge in [-0.3, -0.25) is 14.8 Å². The molecule has 2 aromatic heterocycles. The Hall–Kier alpha value is -3.02. The Morgan fingerprint density at radius 1 is 0.920 bits per heavy atom. The molecule has 0 unspecified atom stereocenters. The zero-order valence-corrected chi connectivity index (χ0v) is 13.9. The van der Waals surface area contributed by atoms with Crippen LogP contribution in [0.15, 0.2) is 48.9 Å². The van der Waals surface area contributed by atoms with E-state index < -0.39 is 0 Å². The van der Waals surface area contributed by atoms with Crippen molar-refractivity contribution in [2.24, 2.45) is 0 Å². The molecular formula is C19H19N5O. The number of rotatable bonds is 3. The average molecular weight is 333 g/mol. The third-order valence-corrected chi connectivity index (χ3v) is 4.41. The van der Waals surface area contributed by atoms with Crippen molar-refractivity contribution in [3.63, 3.8) is 0 Å². The van der Waals surface area contributed by atoms with Crippen LogP contribution < -0.4 is 10.2 Å². The summed E-state index contributed by atoms with van der Waals surface area (Å²) in [7, 11) is 0. The zero-order valence-electron chi connectivity index (χ0n) is 13.9. The van der Waals surface area contributed by atoms with E-state index in [1.165, 1.54) is 6.42 Å². The van der Waals surface area contributed by atoms with Crippen molar-refractivity contribution in [1.82, 2.24) is 15.0 Å². The number of aromatic nitrogens is 3. The van der Waals surface area contributed by atoms with E-state index in [1.807, 2.05) is 24.3 Å². The number of hydrogen-bond donors (Lipinski definition) is 1.